The number of furan rings is 1. The van der Waals surface area contributed by atoms with Crippen LogP contribution >= 0.6 is 12.4 Å². The Kier molecular flexibility index (Phi) is 6.95. The Morgan fingerprint density at radius 3 is 2.90 bits per heavy atom. The lowest BCUT2D eigenvalue weighted by Crippen LogP contribution is -2.32. The molecule has 29 heavy (non-hydrogen) atoms. The number of ether oxygens (including phenoxy) is 1. The summed E-state index contributed by atoms with van der Waals surface area (Å²) in [5, 5.41) is 10.9. The molecule has 2 unspecified atom stereocenters. The molecule has 1 amide bonds. The summed E-state index contributed by atoms with van der Waals surface area (Å²) in [5.74, 6) is 1.06. The summed E-state index contributed by atoms with van der Waals surface area (Å²) in [4.78, 5) is 12.9. The molecule has 0 spiro atoms. The largest absolute Gasteiger partial charge is 0.496 e. The molecule has 1 aromatic carbocycles. The number of hydrogen-bond donors (Lipinski definition) is 2. The standard InChI is InChI=1S/C21H24N4O3.ClH/c1-27-18-8-3-2-7-16(18)20(19-9-5-13-28-19)23-21(26)17-10-12-25(24-17)15-6-4-11-22-14-15;/h2-3,5,7-10,12-13,15,20,22H,4,6,11,14H2,1H3,(H,23,26);1H. The molecule has 0 aliphatic carbocycles. The normalized spacial score (nSPS) is 17.2. The Morgan fingerprint density at radius 2 is 2.17 bits per heavy atom. The second kappa shape index (κ2) is 9.62. The van der Waals surface area contributed by atoms with Gasteiger partial charge in [-0.3, -0.25) is 9.48 Å². The maximum absolute atomic E-state index is 12.9. The number of piperidine rings is 1. The van der Waals surface area contributed by atoms with Crippen LogP contribution in [0.3, 0.4) is 0 Å². The SMILES string of the molecule is COc1ccccc1C(NC(=O)c1ccn(C2CCCNC2)n1)c1ccco1.Cl. The molecule has 0 radical (unpaired) electrons. The van der Waals surface area contributed by atoms with Gasteiger partial charge < -0.3 is 19.8 Å². The first-order valence-electron chi connectivity index (χ1n) is 9.49. The van der Waals surface area contributed by atoms with E-state index in [1.54, 1.807) is 25.5 Å². The number of hydrogen-bond acceptors (Lipinski definition) is 5. The number of carbonyl (C=O) groups excluding carboxylic acids is 1. The van der Waals surface area contributed by atoms with Crippen molar-refractivity contribution >= 4 is 18.3 Å². The Bertz CT molecular complexity index is 920. The van der Waals surface area contributed by atoms with Crippen LogP contribution in [0.2, 0.25) is 0 Å². The molecule has 0 saturated carbocycles. The zero-order chi connectivity index (χ0) is 19.3. The lowest BCUT2D eigenvalue weighted by Gasteiger charge is -2.23. The number of para-hydroxylation sites is 1. The smallest absolute Gasteiger partial charge is 0.272 e. The number of amides is 1. The molecule has 1 saturated heterocycles. The van der Waals surface area contributed by atoms with Gasteiger partial charge in [-0.25, -0.2) is 0 Å². The Labute approximate surface area is 175 Å². The van der Waals surface area contributed by atoms with Crippen molar-refractivity contribution in [3.05, 3.63) is 71.9 Å². The molecule has 2 N–H and O–H groups in total. The summed E-state index contributed by atoms with van der Waals surface area (Å²) < 4.78 is 12.9. The van der Waals surface area contributed by atoms with Gasteiger partial charge in [-0.15, -0.1) is 12.4 Å². The van der Waals surface area contributed by atoms with Crippen LogP contribution in [0.5, 0.6) is 5.75 Å². The monoisotopic (exact) mass is 416 g/mol. The topological polar surface area (TPSA) is 81.3 Å². The van der Waals surface area contributed by atoms with Crippen LogP contribution in [0.15, 0.2) is 59.3 Å². The fourth-order valence-corrected chi connectivity index (χ4v) is 3.59. The molecule has 2 atom stereocenters. The molecule has 2 aromatic heterocycles. The van der Waals surface area contributed by atoms with Gasteiger partial charge in [0.05, 0.1) is 19.4 Å². The van der Waals surface area contributed by atoms with Crippen LogP contribution in [0, 0.1) is 0 Å². The summed E-state index contributed by atoms with van der Waals surface area (Å²) in [6.45, 7) is 1.91. The lowest BCUT2D eigenvalue weighted by molar-refractivity contribution is 0.0932. The summed E-state index contributed by atoms with van der Waals surface area (Å²) in [5.41, 5.74) is 1.21. The maximum atomic E-state index is 12.9. The molecule has 154 valence electrons. The molecular weight excluding hydrogens is 392 g/mol. The highest BCUT2D eigenvalue weighted by molar-refractivity contribution is 5.92. The van der Waals surface area contributed by atoms with Crippen LogP contribution in [0.1, 0.15) is 46.7 Å². The fourth-order valence-electron chi connectivity index (χ4n) is 3.59. The molecule has 8 heteroatoms. The molecular formula is C21H25ClN4O3. The number of carbonyl (C=O) groups is 1. The molecule has 7 nitrogen and oxygen atoms in total. The number of nitrogens with zero attached hydrogens (tertiary/aromatic N) is 2. The molecule has 3 aromatic rings. The van der Waals surface area contributed by atoms with E-state index in [9.17, 15) is 4.79 Å². The van der Waals surface area contributed by atoms with Gasteiger partial charge >= 0.3 is 0 Å². The predicted molar refractivity (Wildman–Crippen MR) is 112 cm³/mol. The van der Waals surface area contributed by atoms with Crippen molar-refractivity contribution in [1.82, 2.24) is 20.4 Å². The highest BCUT2D eigenvalue weighted by Crippen LogP contribution is 2.30. The number of aromatic nitrogens is 2. The summed E-state index contributed by atoms with van der Waals surface area (Å²) in [7, 11) is 1.61. The van der Waals surface area contributed by atoms with E-state index in [0.717, 1.165) is 31.5 Å². The van der Waals surface area contributed by atoms with E-state index in [-0.39, 0.29) is 24.4 Å². The van der Waals surface area contributed by atoms with E-state index in [1.807, 2.05) is 41.2 Å². The van der Waals surface area contributed by atoms with Crippen LogP contribution < -0.4 is 15.4 Å². The second-order valence-electron chi connectivity index (χ2n) is 6.85. The van der Waals surface area contributed by atoms with E-state index >= 15 is 0 Å². The van der Waals surface area contributed by atoms with Crippen LogP contribution in [-0.2, 0) is 0 Å². The van der Waals surface area contributed by atoms with Crippen molar-refractivity contribution in [3.63, 3.8) is 0 Å². The zero-order valence-electron chi connectivity index (χ0n) is 16.2. The first-order valence-corrected chi connectivity index (χ1v) is 9.49. The Balaban J connectivity index is 0.00000240. The first kappa shape index (κ1) is 21.0. The van der Waals surface area contributed by atoms with E-state index in [2.05, 4.69) is 15.7 Å². The maximum Gasteiger partial charge on any atom is 0.272 e. The summed E-state index contributed by atoms with van der Waals surface area (Å²) in [6, 6.07) is 12.8. The zero-order valence-corrected chi connectivity index (χ0v) is 17.0. The highest BCUT2D eigenvalue weighted by Gasteiger charge is 2.25. The van der Waals surface area contributed by atoms with Crippen molar-refractivity contribution in [3.8, 4) is 5.75 Å². The van der Waals surface area contributed by atoms with Crippen molar-refractivity contribution < 1.29 is 13.9 Å². The van der Waals surface area contributed by atoms with Crippen molar-refractivity contribution in [2.24, 2.45) is 0 Å². The minimum atomic E-state index is -0.472. The van der Waals surface area contributed by atoms with Gasteiger partial charge in [-0.1, -0.05) is 18.2 Å². The predicted octanol–water partition coefficient (Wildman–Crippen LogP) is 3.35. The quantitative estimate of drug-likeness (QED) is 0.644. The number of halogens is 1. The first-order chi connectivity index (χ1) is 13.8. The Morgan fingerprint density at radius 1 is 1.31 bits per heavy atom. The molecule has 4 rings (SSSR count). The number of rotatable bonds is 6. The second-order valence-corrected chi connectivity index (χ2v) is 6.85. The third-order valence-corrected chi connectivity index (χ3v) is 5.04. The molecule has 3 heterocycles. The summed E-state index contributed by atoms with van der Waals surface area (Å²) in [6.07, 6.45) is 5.64. The van der Waals surface area contributed by atoms with Gasteiger partial charge in [0, 0.05) is 18.3 Å². The van der Waals surface area contributed by atoms with Crippen molar-refractivity contribution in [1.29, 1.82) is 0 Å². The van der Waals surface area contributed by atoms with E-state index < -0.39 is 6.04 Å². The number of methoxy groups -OCH3 is 1. The van der Waals surface area contributed by atoms with Gasteiger partial charge in [0.2, 0.25) is 0 Å². The lowest BCUT2D eigenvalue weighted by atomic mass is 10.0. The van der Waals surface area contributed by atoms with Crippen LogP contribution in [-0.4, -0.2) is 35.9 Å². The Hall–Kier alpha value is -2.77. The molecule has 0 bridgehead atoms. The van der Waals surface area contributed by atoms with E-state index in [1.165, 1.54) is 0 Å². The third kappa shape index (κ3) is 4.63. The van der Waals surface area contributed by atoms with Crippen LogP contribution in [0.25, 0.3) is 0 Å². The van der Waals surface area contributed by atoms with E-state index in [4.69, 9.17) is 9.15 Å². The van der Waals surface area contributed by atoms with Gasteiger partial charge in [0.15, 0.2) is 0 Å². The average molecular weight is 417 g/mol. The van der Waals surface area contributed by atoms with Crippen molar-refractivity contribution in [2.75, 3.05) is 20.2 Å². The average Bonchev–Trinajstić information content (AvgIpc) is 3.45. The number of benzene rings is 1. The minimum Gasteiger partial charge on any atom is -0.496 e. The molecule has 1 aliphatic rings. The van der Waals surface area contributed by atoms with Gasteiger partial charge in [-0.05, 0) is 43.7 Å². The third-order valence-electron chi connectivity index (χ3n) is 5.04. The van der Waals surface area contributed by atoms with E-state index in [0.29, 0.717) is 17.2 Å². The minimum absolute atomic E-state index is 0. The summed E-state index contributed by atoms with van der Waals surface area (Å²) >= 11 is 0. The number of nitrogens with one attached hydrogen (secondary N) is 2. The highest BCUT2D eigenvalue weighted by atomic mass is 35.5. The van der Waals surface area contributed by atoms with Gasteiger partial charge in [-0.2, -0.15) is 5.10 Å². The van der Waals surface area contributed by atoms with Crippen molar-refractivity contribution in [2.45, 2.75) is 24.9 Å². The van der Waals surface area contributed by atoms with Gasteiger partial charge in [0.25, 0.3) is 5.91 Å². The van der Waals surface area contributed by atoms with Gasteiger partial charge in [0.1, 0.15) is 23.2 Å². The van der Waals surface area contributed by atoms with Crippen LogP contribution in [0.4, 0.5) is 0 Å². The molecule has 1 aliphatic heterocycles. The molecule has 1 fully saturated rings. The fraction of sp³-hybridized carbons (Fsp3) is 0.333.